The van der Waals surface area contributed by atoms with Crippen molar-refractivity contribution >= 4 is 0 Å². The average Bonchev–Trinajstić information content (AvgIpc) is 2.91. The SMILES string of the molecule is CCCCOCCOCCOCCNCC1(C)CCCC1. The Bertz CT molecular complexity index is 230. The summed E-state index contributed by atoms with van der Waals surface area (Å²) in [6.07, 6.45) is 7.85. The third-order valence-electron chi connectivity index (χ3n) is 4.17. The Hall–Kier alpha value is -0.160. The van der Waals surface area contributed by atoms with E-state index in [2.05, 4.69) is 19.2 Å². The van der Waals surface area contributed by atoms with Crippen LogP contribution in [0.5, 0.6) is 0 Å². The summed E-state index contributed by atoms with van der Waals surface area (Å²) in [4.78, 5) is 0. The van der Waals surface area contributed by atoms with Gasteiger partial charge >= 0.3 is 0 Å². The average molecular weight is 301 g/mol. The molecule has 0 aliphatic heterocycles. The minimum Gasteiger partial charge on any atom is -0.379 e. The van der Waals surface area contributed by atoms with Crippen molar-refractivity contribution in [3.63, 3.8) is 0 Å². The van der Waals surface area contributed by atoms with Crippen LogP contribution in [-0.4, -0.2) is 52.7 Å². The summed E-state index contributed by atoms with van der Waals surface area (Å²) < 4.78 is 16.4. The Morgan fingerprint density at radius 2 is 1.43 bits per heavy atom. The molecule has 0 aromatic carbocycles. The summed E-state index contributed by atoms with van der Waals surface area (Å²) in [6, 6.07) is 0. The highest BCUT2D eigenvalue weighted by Gasteiger charge is 2.27. The lowest BCUT2D eigenvalue weighted by molar-refractivity contribution is 0.0144. The minimum atomic E-state index is 0.529. The van der Waals surface area contributed by atoms with Crippen LogP contribution in [0, 0.1) is 5.41 Å². The quantitative estimate of drug-likeness (QED) is 0.501. The van der Waals surface area contributed by atoms with E-state index in [-0.39, 0.29) is 0 Å². The monoisotopic (exact) mass is 301 g/mol. The van der Waals surface area contributed by atoms with Crippen LogP contribution < -0.4 is 5.32 Å². The molecule has 4 heteroatoms. The van der Waals surface area contributed by atoms with E-state index in [0.29, 0.717) is 31.8 Å². The number of nitrogens with one attached hydrogen (secondary N) is 1. The molecule has 1 saturated carbocycles. The Balaban J connectivity index is 1.73. The second kappa shape index (κ2) is 12.4. The lowest BCUT2D eigenvalue weighted by Gasteiger charge is -2.23. The van der Waals surface area contributed by atoms with Gasteiger partial charge in [0.15, 0.2) is 0 Å². The molecule has 1 N–H and O–H groups in total. The maximum atomic E-state index is 5.55. The molecular formula is C17H35NO3. The van der Waals surface area contributed by atoms with Crippen molar-refractivity contribution in [3.8, 4) is 0 Å². The van der Waals surface area contributed by atoms with E-state index in [1.54, 1.807) is 0 Å². The van der Waals surface area contributed by atoms with E-state index >= 15 is 0 Å². The lowest BCUT2D eigenvalue weighted by atomic mass is 9.89. The van der Waals surface area contributed by atoms with Crippen molar-refractivity contribution in [1.29, 1.82) is 0 Å². The number of rotatable bonds is 14. The molecule has 0 aromatic rings. The molecule has 126 valence electrons. The maximum Gasteiger partial charge on any atom is 0.0701 e. The number of hydrogen-bond donors (Lipinski definition) is 1. The molecule has 0 atom stereocenters. The van der Waals surface area contributed by atoms with Crippen LogP contribution in [0.25, 0.3) is 0 Å². The first-order valence-electron chi connectivity index (χ1n) is 8.71. The molecule has 0 bridgehead atoms. The molecule has 0 amide bonds. The van der Waals surface area contributed by atoms with Crippen LogP contribution >= 0.6 is 0 Å². The van der Waals surface area contributed by atoms with Gasteiger partial charge in [-0.15, -0.1) is 0 Å². The van der Waals surface area contributed by atoms with Gasteiger partial charge in [-0.1, -0.05) is 33.1 Å². The summed E-state index contributed by atoms with van der Waals surface area (Å²) in [7, 11) is 0. The Kier molecular flexibility index (Phi) is 11.1. The fourth-order valence-corrected chi connectivity index (χ4v) is 2.73. The second-order valence-corrected chi connectivity index (χ2v) is 6.39. The van der Waals surface area contributed by atoms with Gasteiger partial charge in [0.05, 0.1) is 33.0 Å². The molecule has 4 nitrogen and oxygen atoms in total. The van der Waals surface area contributed by atoms with E-state index in [4.69, 9.17) is 14.2 Å². The van der Waals surface area contributed by atoms with Gasteiger partial charge in [0.1, 0.15) is 0 Å². The molecule has 0 heterocycles. The van der Waals surface area contributed by atoms with Crippen molar-refractivity contribution in [3.05, 3.63) is 0 Å². The molecule has 0 saturated heterocycles. The topological polar surface area (TPSA) is 39.7 Å². The Morgan fingerprint density at radius 1 is 0.857 bits per heavy atom. The van der Waals surface area contributed by atoms with Crippen LogP contribution in [0.2, 0.25) is 0 Å². The Morgan fingerprint density at radius 3 is 2.05 bits per heavy atom. The second-order valence-electron chi connectivity index (χ2n) is 6.39. The molecule has 0 spiro atoms. The third kappa shape index (κ3) is 10.2. The zero-order valence-electron chi connectivity index (χ0n) is 14.1. The van der Waals surface area contributed by atoms with Gasteiger partial charge in [-0.25, -0.2) is 0 Å². The van der Waals surface area contributed by atoms with Crippen molar-refractivity contribution in [1.82, 2.24) is 5.32 Å². The third-order valence-corrected chi connectivity index (χ3v) is 4.17. The van der Waals surface area contributed by atoms with Gasteiger partial charge in [-0.3, -0.25) is 0 Å². The standard InChI is InChI=1S/C17H35NO3/c1-3-4-10-19-12-14-21-15-13-20-11-9-18-16-17(2)7-5-6-8-17/h18H,3-16H2,1-2H3. The molecule has 1 fully saturated rings. The van der Waals surface area contributed by atoms with E-state index in [1.807, 2.05) is 0 Å². The normalized spacial score (nSPS) is 17.4. The molecule has 0 radical (unpaired) electrons. The zero-order chi connectivity index (χ0) is 15.2. The van der Waals surface area contributed by atoms with Crippen molar-refractivity contribution < 1.29 is 14.2 Å². The summed E-state index contributed by atoms with van der Waals surface area (Å²) in [5.74, 6) is 0. The first kappa shape index (κ1) is 18.9. The van der Waals surface area contributed by atoms with Gasteiger partial charge < -0.3 is 19.5 Å². The summed E-state index contributed by atoms with van der Waals surface area (Å²) >= 11 is 0. The highest BCUT2D eigenvalue weighted by Crippen LogP contribution is 2.36. The fraction of sp³-hybridized carbons (Fsp3) is 1.00. The predicted octanol–water partition coefficient (Wildman–Crippen LogP) is 3.01. The molecule has 0 aromatic heterocycles. The lowest BCUT2D eigenvalue weighted by Crippen LogP contribution is -2.32. The minimum absolute atomic E-state index is 0.529. The van der Waals surface area contributed by atoms with Gasteiger partial charge in [-0.05, 0) is 24.7 Å². The number of unbranched alkanes of at least 4 members (excludes halogenated alkanes) is 1. The van der Waals surface area contributed by atoms with E-state index in [1.165, 1.54) is 32.1 Å². The fourth-order valence-electron chi connectivity index (χ4n) is 2.73. The smallest absolute Gasteiger partial charge is 0.0701 e. The maximum absolute atomic E-state index is 5.55. The molecular weight excluding hydrogens is 266 g/mol. The van der Waals surface area contributed by atoms with Crippen LogP contribution in [0.4, 0.5) is 0 Å². The van der Waals surface area contributed by atoms with Crippen LogP contribution in [0.15, 0.2) is 0 Å². The number of hydrogen-bond acceptors (Lipinski definition) is 4. The number of ether oxygens (including phenoxy) is 3. The summed E-state index contributed by atoms with van der Waals surface area (Å²) in [5.41, 5.74) is 0.529. The van der Waals surface area contributed by atoms with E-state index < -0.39 is 0 Å². The van der Waals surface area contributed by atoms with Crippen LogP contribution in [0.1, 0.15) is 52.4 Å². The molecule has 21 heavy (non-hydrogen) atoms. The van der Waals surface area contributed by atoms with Crippen molar-refractivity contribution in [2.75, 3.05) is 52.7 Å². The van der Waals surface area contributed by atoms with E-state index in [9.17, 15) is 0 Å². The highest BCUT2D eigenvalue weighted by atomic mass is 16.5. The zero-order valence-corrected chi connectivity index (χ0v) is 14.1. The van der Waals surface area contributed by atoms with Gasteiger partial charge in [-0.2, -0.15) is 0 Å². The highest BCUT2D eigenvalue weighted by molar-refractivity contribution is 4.82. The first-order valence-corrected chi connectivity index (χ1v) is 8.71. The predicted molar refractivity (Wildman–Crippen MR) is 86.8 cm³/mol. The largest absolute Gasteiger partial charge is 0.379 e. The molecule has 1 rings (SSSR count). The van der Waals surface area contributed by atoms with E-state index in [0.717, 1.165) is 32.7 Å². The van der Waals surface area contributed by atoms with Gasteiger partial charge in [0.2, 0.25) is 0 Å². The molecule has 1 aliphatic rings. The molecule has 1 aliphatic carbocycles. The summed E-state index contributed by atoms with van der Waals surface area (Å²) in [6.45, 7) is 10.9. The summed E-state index contributed by atoms with van der Waals surface area (Å²) in [5, 5.41) is 3.51. The van der Waals surface area contributed by atoms with Crippen LogP contribution in [-0.2, 0) is 14.2 Å². The van der Waals surface area contributed by atoms with Crippen LogP contribution in [0.3, 0.4) is 0 Å². The first-order chi connectivity index (χ1) is 10.3. The molecule has 0 unspecified atom stereocenters. The van der Waals surface area contributed by atoms with Crippen molar-refractivity contribution in [2.45, 2.75) is 52.4 Å². The van der Waals surface area contributed by atoms with Crippen molar-refractivity contribution in [2.24, 2.45) is 5.41 Å². The van der Waals surface area contributed by atoms with Gasteiger partial charge in [0.25, 0.3) is 0 Å². The van der Waals surface area contributed by atoms with Gasteiger partial charge in [0, 0.05) is 19.7 Å². The Labute approximate surface area is 130 Å².